The number of nitrogens with zero attached hydrogens (tertiary/aromatic N) is 5. The lowest BCUT2D eigenvalue weighted by Gasteiger charge is -2.32. The van der Waals surface area contributed by atoms with E-state index in [9.17, 15) is 19.2 Å². The first kappa shape index (κ1) is 25.5. The molecule has 0 radical (unpaired) electrons. The highest BCUT2D eigenvalue weighted by Crippen LogP contribution is 2.45. The summed E-state index contributed by atoms with van der Waals surface area (Å²) in [7, 11) is 0. The van der Waals surface area contributed by atoms with Gasteiger partial charge in [-0.3, -0.25) is 39.1 Å². The Labute approximate surface area is 246 Å². The Kier molecular flexibility index (Phi) is 5.76. The number of hydrogen-bond acceptors (Lipinski definition) is 7. The van der Waals surface area contributed by atoms with Gasteiger partial charge in [0.25, 0.3) is 11.8 Å². The third-order valence-corrected chi connectivity index (χ3v) is 8.80. The van der Waals surface area contributed by atoms with Gasteiger partial charge in [0, 0.05) is 35.6 Å². The summed E-state index contributed by atoms with van der Waals surface area (Å²) in [5.74, 6) is 5.09. The van der Waals surface area contributed by atoms with Gasteiger partial charge in [0.1, 0.15) is 6.04 Å². The average Bonchev–Trinajstić information content (AvgIpc) is 3.70. The highest BCUT2D eigenvalue weighted by Gasteiger charge is 2.44. The second kappa shape index (κ2) is 9.70. The first-order valence-electron chi connectivity index (χ1n) is 14.6. The molecule has 43 heavy (non-hydrogen) atoms. The molecule has 2 aromatic heterocycles. The van der Waals surface area contributed by atoms with Crippen LogP contribution in [0.2, 0.25) is 0 Å². The molecule has 1 unspecified atom stereocenters. The van der Waals surface area contributed by atoms with E-state index in [-0.39, 0.29) is 35.9 Å². The summed E-state index contributed by atoms with van der Waals surface area (Å²) in [4.78, 5) is 60.3. The molecule has 1 N–H and O–H groups in total. The van der Waals surface area contributed by atoms with Gasteiger partial charge in [-0.05, 0) is 62.4 Å². The standard InChI is InChI=1S/C33H26N6O4/c40-29-12-11-28(31(41)36-29)39-32(42)22-10-7-18(15-23(22)33(39)43)5-6-19-13-21(14-19)38-17-24(30(37-38)20-8-9-20)27-16-34-25-3-1-2-4-26(25)35-27/h1-4,7,10,15-17,19-21,28H,8-9,11-14H2,(H,36,40,41). The number of aromatic nitrogens is 4. The van der Waals surface area contributed by atoms with Crippen molar-refractivity contribution >= 4 is 34.7 Å². The molecule has 4 aromatic rings. The summed E-state index contributed by atoms with van der Waals surface area (Å²) in [6, 6.07) is 12.1. The lowest BCUT2D eigenvalue weighted by molar-refractivity contribution is -0.136. The van der Waals surface area contributed by atoms with Crippen LogP contribution in [-0.2, 0) is 9.59 Å². The number of hydrogen-bond donors (Lipinski definition) is 1. The van der Waals surface area contributed by atoms with Crippen molar-refractivity contribution in [1.82, 2.24) is 30.0 Å². The molecule has 0 bridgehead atoms. The second-order valence-corrected chi connectivity index (χ2v) is 11.7. The van der Waals surface area contributed by atoms with Crippen molar-refractivity contribution < 1.29 is 19.2 Å². The molecular weight excluding hydrogens is 544 g/mol. The summed E-state index contributed by atoms with van der Waals surface area (Å²) >= 11 is 0. The third kappa shape index (κ3) is 4.39. The van der Waals surface area contributed by atoms with Gasteiger partial charge in [-0.1, -0.05) is 24.0 Å². The third-order valence-electron chi connectivity index (χ3n) is 8.80. The zero-order chi connectivity index (χ0) is 29.2. The molecule has 8 rings (SSSR count). The minimum absolute atomic E-state index is 0.0855. The van der Waals surface area contributed by atoms with Crippen molar-refractivity contribution in [3.8, 4) is 23.1 Å². The van der Waals surface area contributed by atoms with Crippen molar-refractivity contribution in [2.24, 2.45) is 5.92 Å². The van der Waals surface area contributed by atoms with Gasteiger partial charge >= 0.3 is 0 Å². The van der Waals surface area contributed by atoms with Gasteiger partial charge in [0.05, 0.1) is 45.8 Å². The molecule has 4 heterocycles. The van der Waals surface area contributed by atoms with E-state index in [2.05, 4.69) is 33.0 Å². The molecule has 1 atom stereocenters. The van der Waals surface area contributed by atoms with Crippen molar-refractivity contribution in [2.75, 3.05) is 0 Å². The highest BCUT2D eigenvalue weighted by atomic mass is 16.2. The van der Waals surface area contributed by atoms with Gasteiger partial charge < -0.3 is 0 Å². The van der Waals surface area contributed by atoms with Crippen LogP contribution in [0.5, 0.6) is 0 Å². The Morgan fingerprint density at radius 3 is 2.47 bits per heavy atom. The largest absolute Gasteiger partial charge is 0.295 e. The van der Waals surface area contributed by atoms with E-state index >= 15 is 0 Å². The molecule has 2 aliphatic carbocycles. The van der Waals surface area contributed by atoms with E-state index in [0.717, 1.165) is 58.6 Å². The number of amides is 4. The number of nitrogens with one attached hydrogen (secondary N) is 1. The number of piperidine rings is 1. The van der Waals surface area contributed by atoms with Crippen LogP contribution in [0.4, 0.5) is 0 Å². The molecule has 0 spiro atoms. The van der Waals surface area contributed by atoms with Gasteiger partial charge in [0.2, 0.25) is 11.8 Å². The zero-order valence-electron chi connectivity index (χ0n) is 23.1. The van der Waals surface area contributed by atoms with Crippen LogP contribution < -0.4 is 5.32 Å². The van der Waals surface area contributed by atoms with E-state index in [4.69, 9.17) is 10.1 Å². The molecule has 2 aliphatic heterocycles. The molecule has 3 fully saturated rings. The Bertz CT molecular complexity index is 1940. The predicted octanol–water partition coefficient (Wildman–Crippen LogP) is 3.77. The van der Waals surface area contributed by atoms with Crippen LogP contribution in [0.3, 0.4) is 0 Å². The summed E-state index contributed by atoms with van der Waals surface area (Å²) in [6.45, 7) is 0. The van der Waals surface area contributed by atoms with Crippen LogP contribution in [0.15, 0.2) is 54.9 Å². The minimum Gasteiger partial charge on any atom is -0.295 e. The molecule has 2 saturated carbocycles. The van der Waals surface area contributed by atoms with Crippen LogP contribution in [-0.4, -0.2) is 54.3 Å². The number of rotatable bonds is 4. The fourth-order valence-electron chi connectivity index (χ4n) is 6.19. The minimum atomic E-state index is -0.983. The zero-order valence-corrected chi connectivity index (χ0v) is 23.1. The van der Waals surface area contributed by atoms with E-state index in [0.29, 0.717) is 11.5 Å². The Balaban J connectivity index is 0.971. The molecule has 4 aliphatic rings. The number of imide groups is 2. The maximum Gasteiger partial charge on any atom is 0.262 e. The molecule has 212 valence electrons. The maximum atomic E-state index is 13.1. The first-order valence-corrected chi connectivity index (χ1v) is 14.6. The number of fused-ring (bicyclic) bond motifs is 2. The molecular formula is C33H26N6O4. The predicted molar refractivity (Wildman–Crippen MR) is 154 cm³/mol. The smallest absolute Gasteiger partial charge is 0.262 e. The van der Waals surface area contributed by atoms with E-state index in [1.807, 2.05) is 30.5 Å². The van der Waals surface area contributed by atoms with Gasteiger partial charge in [-0.2, -0.15) is 5.10 Å². The lowest BCUT2D eigenvalue weighted by Crippen LogP contribution is -2.54. The van der Waals surface area contributed by atoms with Gasteiger partial charge in [-0.25, -0.2) is 4.98 Å². The number of para-hydroxylation sites is 2. The molecule has 2 aromatic carbocycles. The second-order valence-electron chi connectivity index (χ2n) is 11.7. The number of benzene rings is 2. The van der Waals surface area contributed by atoms with E-state index < -0.39 is 29.7 Å². The maximum absolute atomic E-state index is 13.1. The number of carbonyl (C=O) groups is 4. The topological polar surface area (TPSA) is 127 Å². The quantitative estimate of drug-likeness (QED) is 0.292. The van der Waals surface area contributed by atoms with E-state index in [1.54, 1.807) is 18.2 Å². The Morgan fingerprint density at radius 2 is 1.67 bits per heavy atom. The fourth-order valence-corrected chi connectivity index (χ4v) is 6.19. The SMILES string of the molecule is O=C1CCC(N2C(=O)c3ccc(C#CC4CC(n5cc(-c6cnc7ccccc7n6)c(C6CC6)n5)C4)cc3C2=O)C(=O)N1. The van der Waals surface area contributed by atoms with Crippen LogP contribution in [0.25, 0.3) is 22.3 Å². The van der Waals surface area contributed by atoms with Crippen molar-refractivity contribution in [2.45, 2.75) is 56.5 Å². The Morgan fingerprint density at radius 1 is 0.884 bits per heavy atom. The monoisotopic (exact) mass is 570 g/mol. The summed E-state index contributed by atoms with van der Waals surface area (Å²) in [6.07, 6.45) is 8.18. The average molecular weight is 571 g/mol. The van der Waals surface area contributed by atoms with Gasteiger partial charge in [-0.15, -0.1) is 0 Å². The van der Waals surface area contributed by atoms with Crippen LogP contribution in [0, 0.1) is 17.8 Å². The molecule has 10 heteroatoms. The fraction of sp³-hybridized carbons (Fsp3) is 0.303. The van der Waals surface area contributed by atoms with Crippen LogP contribution >= 0.6 is 0 Å². The lowest BCUT2D eigenvalue weighted by atomic mass is 9.80. The highest BCUT2D eigenvalue weighted by molar-refractivity contribution is 6.23. The molecule has 10 nitrogen and oxygen atoms in total. The Hall–Kier alpha value is -5.17. The van der Waals surface area contributed by atoms with E-state index in [1.165, 1.54) is 0 Å². The van der Waals surface area contributed by atoms with Crippen molar-refractivity contribution in [3.63, 3.8) is 0 Å². The first-order chi connectivity index (χ1) is 20.9. The normalized spacial score (nSPS) is 23.1. The number of carbonyl (C=O) groups excluding carboxylic acids is 4. The van der Waals surface area contributed by atoms with Crippen molar-refractivity contribution in [3.05, 3.63) is 77.2 Å². The summed E-state index contributed by atoms with van der Waals surface area (Å²) < 4.78 is 2.07. The summed E-state index contributed by atoms with van der Waals surface area (Å²) in [5, 5.41) is 7.21. The van der Waals surface area contributed by atoms with Crippen LogP contribution in [0.1, 0.15) is 82.5 Å². The van der Waals surface area contributed by atoms with Gasteiger partial charge in [0.15, 0.2) is 0 Å². The molecule has 4 amide bonds. The molecule has 1 saturated heterocycles. The van der Waals surface area contributed by atoms with Crippen molar-refractivity contribution in [1.29, 1.82) is 0 Å². The summed E-state index contributed by atoms with van der Waals surface area (Å²) in [5.41, 5.74) is 5.88.